The molecule has 2 N–H and O–H groups in total. The number of rotatable bonds is 5. The van der Waals surface area contributed by atoms with Gasteiger partial charge in [-0.3, -0.25) is 0 Å². The van der Waals surface area contributed by atoms with Crippen molar-refractivity contribution in [2.45, 2.75) is 19.9 Å². The van der Waals surface area contributed by atoms with Crippen molar-refractivity contribution in [3.8, 4) is 5.75 Å². The van der Waals surface area contributed by atoms with Crippen LogP contribution in [0.1, 0.15) is 16.7 Å². The lowest BCUT2D eigenvalue weighted by Crippen LogP contribution is -2.17. The largest absolute Gasteiger partial charge is 0.506 e. The van der Waals surface area contributed by atoms with Crippen LogP contribution in [0.25, 0.3) is 0 Å². The third kappa shape index (κ3) is 3.82. The molecule has 0 saturated heterocycles. The van der Waals surface area contributed by atoms with Gasteiger partial charge in [0, 0.05) is 12.1 Å². The lowest BCUT2D eigenvalue weighted by Gasteiger charge is -2.09. The Kier molecular flexibility index (Phi) is 5.00. The van der Waals surface area contributed by atoms with Crippen molar-refractivity contribution < 1.29 is 5.11 Å². The Labute approximate surface area is 122 Å². The Hall–Kier alpha value is -1.32. The minimum atomic E-state index is 0.325. The summed E-state index contributed by atoms with van der Waals surface area (Å²) in [6.45, 7) is 3.71. The highest BCUT2D eigenvalue weighted by Gasteiger charge is 2.04. The second-order valence-corrected chi connectivity index (χ2v) is 5.46. The van der Waals surface area contributed by atoms with Crippen LogP contribution in [0.15, 0.2) is 46.9 Å². The molecule has 2 nitrogen and oxygen atoms in total. The molecule has 0 amide bonds. The van der Waals surface area contributed by atoms with Gasteiger partial charge in [0.1, 0.15) is 5.75 Å². The third-order valence-electron chi connectivity index (χ3n) is 3.22. The van der Waals surface area contributed by atoms with Crippen molar-refractivity contribution in [1.29, 1.82) is 0 Å². The highest BCUT2D eigenvalue weighted by atomic mass is 79.9. The maximum atomic E-state index is 9.87. The van der Waals surface area contributed by atoms with Gasteiger partial charge in [-0.2, -0.15) is 0 Å². The first-order valence-corrected chi connectivity index (χ1v) is 7.19. The van der Waals surface area contributed by atoms with Crippen LogP contribution in [-0.2, 0) is 13.0 Å². The van der Waals surface area contributed by atoms with Crippen LogP contribution in [-0.4, -0.2) is 11.7 Å². The van der Waals surface area contributed by atoms with Crippen molar-refractivity contribution in [3.63, 3.8) is 0 Å². The smallest absolute Gasteiger partial charge is 0.134 e. The summed E-state index contributed by atoms with van der Waals surface area (Å²) in [5, 5.41) is 13.2. The van der Waals surface area contributed by atoms with Crippen molar-refractivity contribution in [1.82, 2.24) is 5.32 Å². The maximum Gasteiger partial charge on any atom is 0.134 e. The summed E-state index contributed by atoms with van der Waals surface area (Å²) in [6, 6.07) is 14.1. The summed E-state index contributed by atoms with van der Waals surface area (Å²) < 4.78 is 0.741. The zero-order chi connectivity index (χ0) is 13.7. The molecule has 2 rings (SSSR count). The molecule has 0 saturated carbocycles. The van der Waals surface area contributed by atoms with E-state index in [9.17, 15) is 5.11 Å². The monoisotopic (exact) mass is 319 g/mol. The van der Waals surface area contributed by atoms with Gasteiger partial charge in [0.2, 0.25) is 0 Å². The number of aromatic hydroxyl groups is 1. The summed E-state index contributed by atoms with van der Waals surface area (Å²) in [4.78, 5) is 0. The quantitative estimate of drug-likeness (QED) is 0.822. The third-order valence-corrected chi connectivity index (χ3v) is 3.86. The Balaban J connectivity index is 1.84. The molecule has 0 aliphatic heterocycles. The van der Waals surface area contributed by atoms with Crippen molar-refractivity contribution >= 4 is 15.9 Å². The van der Waals surface area contributed by atoms with E-state index in [2.05, 4.69) is 52.4 Å². The number of nitrogens with one attached hydrogen (secondary N) is 1. The van der Waals surface area contributed by atoms with Crippen LogP contribution in [0.2, 0.25) is 0 Å². The van der Waals surface area contributed by atoms with Gasteiger partial charge in [0.15, 0.2) is 0 Å². The second-order valence-electron chi connectivity index (χ2n) is 4.60. The zero-order valence-electron chi connectivity index (χ0n) is 11.0. The van der Waals surface area contributed by atoms with Crippen molar-refractivity contribution in [3.05, 3.63) is 63.6 Å². The van der Waals surface area contributed by atoms with E-state index in [1.54, 1.807) is 0 Å². The van der Waals surface area contributed by atoms with Gasteiger partial charge in [-0.1, -0.05) is 36.4 Å². The number of aryl methyl sites for hydroxylation is 1. The highest BCUT2D eigenvalue weighted by Crippen LogP contribution is 2.27. The van der Waals surface area contributed by atoms with E-state index in [-0.39, 0.29) is 0 Å². The Morgan fingerprint density at radius 2 is 1.79 bits per heavy atom. The molecule has 0 aliphatic rings. The minimum absolute atomic E-state index is 0.325. The lowest BCUT2D eigenvalue weighted by atomic mass is 10.1. The van der Waals surface area contributed by atoms with Crippen LogP contribution < -0.4 is 5.32 Å². The molecule has 0 unspecified atom stereocenters. The van der Waals surface area contributed by atoms with E-state index in [1.807, 2.05) is 18.2 Å². The van der Waals surface area contributed by atoms with Gasteiger partial charge in [-0.15, -0.1) is 0 Å². The fourth-order valence-corrected chi connectivity index (χ4v) is 2.45. The van der Waals surface area contributed by atoms with Gasteiger partial charge in [0.25, 0.3) is 0 Å². The first-order chi connectivity index (χ1) is 9.18. The Morgan fingerprint density at radius 1 is 1.05 bits per heavy atom. The first kappa shape index (κ1) is 14.1. The number of phenolic OH excluding ortho intramolecular Hbond substituents is 1. The van der Waals surface area contributed by atoms with Crippen LogP contribution in [0.5, 0.6) is 5.75 Å². The summed E-state index contributed by atoms with van der Waals surface area (Å²) in [7, 11) is 0. The van der Waals surface area contributed by atoms with E-state index in [0.717, 1.165) is 23.0 Å². The van der Waals surface area contributed by atoms with Crippen LogP contribution in [0.4, 0.5) is 0 Å². The molecule has 0 bridgehead atoms. The molecule has 0 aromatic heterocycles. The lowest BCUT2D eigenvalue weighted by molar-refractivity contribution is 0.461. The Morgan fingerprint density at radius 3 is 2.58 bits per heavy atom. The summed E-state index contributed by atoms with van der Waals surface area (Å²) in [6.07, 6.45) is 1.00. The van der Waals surface area contributed by atoms with Gasteiger partial charge >= 0.3 is 0 Å². The number of halogens is 1. The van der Waals surface area contributed by atoms with Gasteiger partial charge in [-0.25, -0.2) is 0 Å². The predicted molar refractivity (Wildman–Crippen MR) is 82.4 cm³/mol. The Bertz CT molecular complexity index is 554. The number of phenols is 1. The van der Waals surface area contributed by atoms with Crippen molar-refractivity contribution in [2.75, 3.05) is 6.54 Å². The van der Waals surface area contributed by atoms with Gasteiger partial charge in [0.05, 0.1) is 4.47 Å². The molecular formula is C16H18BrNO. The maximum absolute atomic E-state index is 9.87. The molecule has 0 spiro atoms. The minimum Gasteiger partial charge on any atom is -0.506 e. The molecular weight excluding hydrogens is 302 g/mol. The van der Waals surface area contributed by atoms with E-state index >= 15 is 0 Å². The van der Waals surface area contributed by atoms with E-state index < -0.39 is 0 Å². The molecule has 0 heterocycles. The fourth-order valence-electron chi connectivity index (χ4n) is 2.04. The number of hydrogen-bond acceptors (Lipinski definition) is 2. The van der Waals surface area contributed by atoms with E-state index in [4.69, 9.17) is 0 Å². The molecule has 3 heteroatoms. The number of benzene rings is 2. The first-order valence-electron chi connectivity index (χ1n) is 6.40. The fraction of sp³-hybridized carbons (Fsp3) is 0.250. The van der Waals surface area contributed by atoms with Crippen LogP contribution in [0, 0.1) is 6.92 Å². The number of hydrogen-bond donors (Lipinski definition) is 2. The molecule has 2 aromatic carbocycles. The molecule has 100 valence electrons. The van der Waals surface area contributed by atoms with Crippen LogP contribution >= 0.6 is 15.9 Å². The molecule has 19 heavy (non-hydrogen) atoms. The normalized spacial score (nSPS) is 10.6. The average molecular weight is 320 g/mol. The topological polar surface area (TPSA) is 32.3 Å². The van der Waals surface area contributed by atoms with E-state index in [0.29, 0.717) is 12.3 Å². The molecule has 0 atom stereocenters. The molecule has 2 aromatic rings. The molecule has 0 fully saturated rings. The zero-order valence-corrected chi connectivity index (χ0v) is 12.6. The summed E-state index contributed by atoms with van der Waals surface area (Å²) in [5.74, 6) is 0.325. The second kappa shape index (κ2) is 6.73. The summed E-state index contributed by atoms with van der Waals surface area (Å²) >= 11 is 3.32. The number of para-hydroxylation sites is 1. The van der Waals surface area contributed by atoms with Gasteiger partial charge < -0.3 is 10.4 Å². The predicted octanol–water partition coefficient (Wildman–Crippen LogP) is 3.80. The van der Waals surface area contributed by atoms with Crippen molar-refractivity contribution in [2.24, 2.45) is 0 Å². The SMILES string of the molecule is Cc1ccccc1CCNCc1cccc(Br)c1O. The van der Waals surface area contributed by atoms with Gasteiger partial charge in [-0.05, 0) is 53.0 Å². The molecule has 0 radical (unpaired) electrons. The molecule has 0 aliphatic carbocycles. The van der Waals surface area contributed by atoms with Crippen LogP contribution in [0.3, 0.4) is 0 Å². The highest BCUT2D eigenvalue weighted by molar-refractivity contribution is 9.10. The summed E-state index contributed by atoms with van der Waals surface area (Å²) in [5.41, 5.74) is 3.61. The average Bonchev–Trinajstić information content (AvgIpc) is 2.41. The van der Waals surface area contributed by atoms with E-state index in [1.165, 1.54) is 11.1 Å². The standard InChI is InChI=1S/C16H18BrNO/c1-12-5-2-3-6-13(12)9-10-18-11-14-7-4-8-15(17)16(14)19/h2-8,18-19H,9-11H2,1H3.